The monoisotopic (exact) mass is 455 g/mol. The van der Waals surface area contributed by atoms with Crippen molar-refractivity contribution in [1.82, 2.24) is 9.90 Å². The van der Waals surface area contributed by atoms with E-state index in [4.69, 9.17) is 9.26 Å². The Kier molecular flexibility index (Phi) is 6.42. The van der Waals surface area contributed by atoms with Gasteiger partial charge in [0.15, 0.2) is 7.98 Å². The number of β-lactam (4-membered cyclic amide) rings is 1. The second kappa shape index (κ2) is 9.10. The lowest BCUT2D eigenvalue weighted by atomic mass is 9.78. The van der Waals surface area contributed by atoms with Crippen molar-refractivity contribution in [2.75, 3.05) is 19.0 Å². The highest BCUT2D eigenvalue weighted by Crippen LogP contribution is 2.48. The molecule has 168 valence electrons. The van der Waals surface area contributed by atoms with Gasteiger partial charge in [-0.3, -0.25) is 4.79 Å². The summed E-state index contributed by atoms with van der Waals surface area (Å²) in [5, 5.41) is 15.3. The minimum absolute atomic E-state index is 0.143. The van der Waals surface area contributed by atoms with Crippen molar-refractivity contribution in [2.45, 2.75) is 26.0 Å². The second-order valence-corrected chi connectivity index (χ2v) is 8.97. The van der Waals surface area contributed by atoms with Gasteiger partial charge in [-0.2, -0.15) is 0 Å². The van der Waals surface area contributed by atoms with Crippen LogP contribution in [0.25, 0.3) is 10.8 Å². The number of anilines is 1. The van der Waals surface area contributed by atoms with E-state index in [1.54, 1.807) is 14.9 Å². The molecule has 1 saturated heterocycles. The topological polar surface area (TPSA) is 100 Å². The van der Waals surface area contributed by atoms with E-state index in [9.17, 15) is 14.7 Å². The summed E-state index contributed by atoms with van der Waals surface area (Å²) in [6, 6.07) is 11.5. The van der Waals surface area contributed by atoms with Crippen molar-refractivity contribution in [3.05, 3.63) is 47.7 Å². The summed E-state index contributed by atoms with van der Waals surface area (Å²) >= 11 is 0. The SMILES string of the molecule is BNPOC(=O)C1=C(COc2cccc3c(NC)cccc23)[C@H](C)[C@@H]2[C@@H]([C@@H](C)O)C(=O)N12. The molecule has 0 aromatic heterocycles. The van der Waals surface area contributed by atoms with Gasteiger partial charge < -0.3 is 29.6 Å². The molecular weight excluding hydrogens is 428 g/mol. The number of hydrogen-bond acceptors (Lipinski definition) is 7. The number of ether oxygens (including phenoxy) is 1. The quantitative estimate of drug-likeness (QED) is 0.316. The molecule has 8 nitrogen and oxygen atoms in total. The Balaban J connectivity index is 1.66. The number of benzene rings is 2. The Morgan fingerprint density at radius 1 is 1.28 bits per heavy atom. The molecule has 0 bridgehead atoms. The highest BCUT2D eigenvalue weighted by atomic mass is 31.1. The van der Waals surface area contributed by atoms with Gasteiger partial charge in [-0.05, 0) is 19.1 Å². The number of aliphatic hydroxyl groups is 1. The van der Waals surface area contributed by atoms with Crippen LogP contribution in [0, 0.1) is 11.8 Å². The van der Waals surface area contributed by atoms with Crippen LogP contribution >= 0.6 is 8.96 Å². The molecule has 2 aliphatic heterocycles. The van der Waals surface area contributed by atoms with Gasteiger partial charge in [0, 0.05) is 35.0 Å². The van der Waals surface area contributed by atoms with Gasteiger partial charge in [0.2, 0.25) is 5.91 Å². The van der Waals surface area contributed by atoms with Crippen LogP contribution in [-0.4, -0.2) is 55.7 Å². The van der Waals surface area contributed by atoms with Crippen molar-refractivity contribution >= 4 is 45.3 Å². The van der Waals surface area contributed by atoms with Gasteiger partial charge in [-0.15, -0.1) is 0 Å². The van der Waals surface area contributed by atoms with Crippen LogP contribution in [0.4, 0.5) is 5.69 Å². The molecule has 1 fully saturated rings. The van der Waals surface area contributed by atoms with Crippen molar-refractivity contribution in [1.29, 1.82) is 0 Å². The normalized spacial score (nSPS) is 23.4. The molecule has 10 heteroatoms. The van der Waals surface area contributed by atoms with Crippen molar-refractivity contribution < 1.29 is 24.0 Å². The number of nitrogens with one attached hydrogen (secondary N) is 2. The maximum absolute atomic E-state index is 12.8. The third-order valence-electron chi connectivity index (χ3n) is 6.29. The standard InChI is InChI=1S/C22H27BN3O5P/c1-11-15(10-30-17-9-5-6-13-14(17)7-4-8-16(13)24-3)20(22(29)31-32-25-23)26-19(11)18(12(2)27)21(26)28/h4-9,11-12,18-19,24-25,27,32H,10,23H2,1-3H3/t11-,12+,18+,19+/m0/s1. The number of carbonyl (C=O) groups excluding carboxylic acids is 2. The minimum Gasteiger partial charge on any atom is -0.488 e. The summed E-state index contributed by atoms with van der Waals surface area (Å²) in [5.74, 6) is -0.797. The fourth-order valence-electron chi connectivity index (χ4n) is 4.75. The van der Waals surface area contributed by atoms with Crippen LogP contribution in [0.3, 0.4) is 0 Å². The number of fused-ring (bicyclic) bond motifs is 2. The number of nitrogens with zero attached hydrogens (tertiary/aromatic N) is 1. The van der Waals surface area contributed by atoms with Crippen molar-refractivity contribution in [3.8, 4) is 5.75 Å². The predicted octanol–water partition coefficient (Wildman–Crippen LogP) is 1.56. The first-order valence-electron chi connectivity index (χ1n) is 10.6. The first-order valence-corrected chi connectivity index (χ1v) is 11.5. The Hall–Kier alpha value is -2.61. The Bertz CT molecular complexity index is 1090. The molecule has 0 aliphatic carbocycles. The summed E-state index contributed by atoms with van der Waals surface area (Å²) in [6.07, 6.45) is -0.791. The van der Waals surface area contributed by atoms with E-state index < -0.39 is 18.0 Å². The molecule has 1 amide bonds. The zero-order valence-electron chi connectivity index (χ0n) is 18.5. The van der Waals surface area contributed by atoms with E-state index in [0.29, 0.717) is 11.3 Å². The first kappa shape index (κ1) is 22.6. The van der Waals surface area contributed by atoms with Crippen LogP contribution in [0.15, 0.2) is 47.7 Å². The molecule has 5 atom stereocenters. The average molecular weight is 455 g/mol. The van der Waals surface area contributed by atoms with E-state index in [2.05, 4.69) is 10.3 Å². The number of aliphatic hydroxyl groups excluding tert-OH is 1. The molecule has 2 aromatic carbocycles. The molecule has 0 saturated carbocycles. The van der Waals surface area contributed by atoms with Gasteiger partial charge in [0.1, 0.15) is 27.0 Å². The van der Waals surface area contributed by atoms with Gasteiger partial charge in [-0.1, -0.05) is 31.2 Å². The third kappa shape index (κ3) is 3.64. The lowest BCUT2D eigenvalue weighted by Crippen LogP contribution is -2.63. The average Bonchev–Trinajstić information content (AvgIpc) is 3.03. The van der Waals surface area contributed by atoms with Crippen molar-refractivity contribution in [2.24, 2.45) is 11.8 Å². The lowest BCUT2D eigenvalue weighted by molar-refractivity contribution is -0.162. The number of carbonyl (C=O) groups is 2. The zero-order valence-corrected chi connectivity index (χ0v) is 19.5. The Morgan fingerprint density at radius 2 is 2.00 bits per heavy atom. The van der Waals surface area contributed by atoms with E-state index in [-0.39, 0.29) is 39.1 Å². The van der Waals surface area contributed by atoms with E-state index >= 15 is 0 Å². The summed E-state index contributed by atoms with van der Waals surface area (Å²) < 4.78 is 11.5. The molecule has 0 radical (unpaired) electrons. The molecule has 2 aromatic rings. The lowest BCUT2D eigenvalue weighted by Gasteiger charge is -2.46. The summed E-state index contributed by atoms with van der Waals surface area (Å²) in [5.41, 5.74) is 1.94. The maximum atomic E-state index is 12.8. The van der Waals surface area contributed by atoms with Gasteiger partial charge in [0.05, 0.1) is 18.1 Å². The van der Waals surface area contributed by atoms with Crippen LogP contribution in [0.5, 0.6) is 5.75 Å². The Morgan fingerprint density at radius 3 is 2.69 bits per heavy atom. The summed E-state index contributed by atoms with van der Waals surface area (Å²) in [7, 11) is 3.34. The van der Waals surface area contributed by atoms with Crippen LogP contribution in [0.1, 0.15) is 13.8 Å². The van der Waals surface area contributed by atoms with Gasteiger partial charge in [0.25, 0.3) is 0 Å². The fraction of sp³-hybridized carbons (Fsp3) is 0.364. The van der Waals surface area contributed by atoms with Gasteiger partial charge in [-0.25, -0.2) is 4.79 Å². The van der Waals surface area contributed by atoms with E-state index in [0.717, 1.165) is 16.5 Å². The third-order valence-corrected chi connectivity index (χ3v) is 6.78. The molecule has 32 heavy (non-hydrogen) atoms. The van der Waals surface area contributed by atoms with Crippen molar-refractivity contribution in [3.63, 3.8) is 0 Å². The molecular formula is C22H27BN3O5P. The van der Waals surface area contributed by atoms with E-state index in [1.165, 1.54) is 4.90 Å². The van der Waals surface area contributed by atoms with Crippen LogP contribution < -0.4 is 15.1 Å². The number of hydrogen-bond donors (Lipinski definition) is 3. The highest BCUT2D eigenvalue weighted by Gasteiger charge is 2.60. The Labute approximate surface area is 189 Å². The zero-order chi connectivity index (χ0) is 23.0. The minimum atomic E-state index is -0.791. The van der Waals surface area contributed by atoms with Crippen LogP contribution in [0.2, 0.25) is 0 Å². The first-order chi connectivity index (χ1) is 15.4. The molecule has 2 aliphatic rings. The second-order valence-electron chi connectivity index (χ2n) is 8.06. The predicted molar refractivity (Wildman–Crippen MR) is 127 cm³/mol. The van der Waals surface area contributed by atoms with Gasteiger partial charge >= 0.3 is 5.97 Å². The largest absolute Gasteiger partial charge is 0.488 e. The number of rotatable bonds is 8. The van der Waals surface area contributed by atoms with E-state index in [1.807, 2.05) is 50.4 Å². The summed E-state index contributed by atoms with van der Waals surface area (Å²) in [4.78, 5) is 29.9. The molecule has 1 unspecified atom stereocenters. The molecule has 4 rings (SSSR count). The smallest absolute Gasteiger partial charge is 0.358 e. The van der Waals surface area contributed by atoms with Crippen LogP contribution in [-0.2, 0) is 14.1 Å². The highest BCUT2D eigenvalue weighted by molar-refractivity contribution is 7.32. The molecule has 3 N–H and O–H groups in total. The fourth-order valence-corrected chi connectivity index (χ4v) is 5.04. The summed E-state index contributed by atoms with van der Waals surface area (Å²) in [6.45, 7) is 3.71. The molecule has 2 heterocycles. The molecule has 0 spiro atoms. The number of amides is 1. The maximum Gasteiger partial charge on any atom is 0.358 e.